The van der Waals surface area contributed by atoms with Gasteiger partial charge in [-0.2, -0.15) is 0 Å². The molecule has 0 spiro atoms. The summed E-state index contributed by atoms with van der Waals surface area (Å²) in [4.78, 5) is 26.3. The first-order chi connectivity index (χ1) is 21.4. The average Bonchev–Trinajstić information content (AvgIpc) is 3.03. The molecule has 0 aliphatic carbocycles. The van der Waals surface area contributed by atoms with Gasteiger partial charge in [-0.3, -0.25) is 9.36 Å². The van der Waals surface area contributed by atoms with Crippen LogP contribution in [-0.4, -0.2) is 47.0 Å². The lowest BCUT2D eigenvalue weighted by molar-refractivity contribution is 0.144. The number of hydrogen-bond donors (Lipinski definition) is 1. The Balaban J connectivity index is 1.29. The van der Waals surface area contributed by atoms with Gasteiger partial charge in [0.1, 0.15) is 24.6 Å². The van der Waals surface area contributed by atoms with Crippen molar-refractivity contribution in [2.75, 3.05) is 32.8 Å². The molecule has 6 aromatic rings. The number of aromatic nitrogens is 4. The first-order valence-corrected chi connectivity index (χ1v) is 13.4. The van der Waals surface area contributed by atoms with Crippen molar-refractivity contribution in [3.63, 3.8) is 0 Å². The molecule has 0 saturated carbocycles. The van der Waals surface area contributed by atoms with E-state index < -0.39 is 11.6 Å². The van der Waals surface area contributed by atoms with E-state index in [0.717, 1.165) is 0 Å². The van der Waals surface area contributed by atoms with Crippen molar-refractivity contribution in [1.29, 1.82) is 0 Å². The molecule has 0 atom stereocenters. The van der Waals surface area contributed by atoms with Gasteiger partial charge in [0.2, 0.25) is 5.88 Å². The summed E-state index contributed by atoms with van der Waals surface area (Å²) in [5.41, 5.74) is 0.962. The molecule has 0 bridgehead atoms. The molecule has 6 rings (SSSR count). The van der Waals surface area contributed by atoms with E-state index >= 15 is 4.39 Å². The summed E-state index contributed by atoms with van der Waals surface area (Å²) >= 11 is 0. The Labute approximate surface area is 249 Å². The predicted molar refractivity (Wildman–Crippen MR) is 161 cm³/mol. The quantitative estimate of drug-likeness (QED) is 0.185. The van der Waals surface area contributed by atoms with Crippen molar-refractivity contribution in [1.82, 2.24) is 19.5 Å². The van der Waals surface area contributed by atoms with Gasteiger partial charge in [-0.1, -0.05) is 0 Å². The molecular formula is C32H25F2N5O5. The fourth-order valence-electron chi connectivity index (χ4n) is 4.61. The highest BCUT2D eigenvalue weighted by Gasteiger charge is 2.16. The van der Waals surface area contributed by atoms with Crippen LogP contribution < -0.4 is 25.1 Å². The Kier molecular flexibility index (Phi) is 7.98. The van der Waals surface area contributed by atoms with Crippen LogP contribution in [0.1, 0.15) is 0 Å². The van der Waals surface area contributed by atoms with Gasteiger partial charge >= 0.3 is 0 Å². The maximum atomic E-state index is 15.4. The molecule has 3 aromatic carbocycles. The minimum absolute atomic E-state index is 0.0854. The van der Waals surface area contributed by atoms with Crippen LogP contribution >= 0.6 is 0 Å². The zero-order chi connectivity index (χ0) is 30.6. The van der Waals surface area contributed by atoms with Gasteiger partial charge in [-0.15, -0.1) is 0 Å². The van der Waals surface area contributed by atoms with Crippen LogP contribution in [-0.2, 0) is 4.74 Å². The second-order valence-electron chi connectivity index (χ2n) is 9.50. The minimum Gasteiger partial charge on any atom is -0.493 e. The molecule has 12 heteroatoms. The second-order valence-corrected chi connectivity index (χ2v) is 9.50. The van der Waals surface area contributed by atoms with E-state index in [9.17, 15) is 9.18 Å². The number of rotatable bonds is 10. The summed E-state index contributed by atoms with van der Waals surface area (Å²) in [6.07, 6.45) is 4.46. The number of halogens is 2. The summed E-state index contributed by atoms with van der Waals surface area (Å²) in [5.74, 6) is 0.0586. The third-order valence-electron chi connectivity index (χ3n) is 6.75. The Morgan fingerprint density at radius 2 is 1.70 bits per heavy atom. The maximum Gasteiger partial charge on any atom is 0.266 e. The van der Waals surface area contributed by atoms with Crippen LogP contribution in [0, 0.1) is 11.6 Å². The molecular weight excluding hydrogens is 572 g/mol. The van der Waals surface area contributed by atoms with E-state index in [1.54, 1.807) is 49.8 Å². The van der Waals surface area contributed by atoms with E-state index in [4.69, 9.17) is 18.9 Å². The van der Waals surface area contributed by atoms with Crippen molar-refractivity contribution in [3.05, 3.63) is 107 Å². The molecule has 0 fully saturated rings. The van der Waals surface area contributed by atoms with Crippen molar-refractivity contribution < 1.29 is 27.7 Å². The third-order valence-corrected chi connectivity index (χ3v) is 6.75. The number of methoxy groups -OCH3 is 2. The Morgan fingerprint density at radius 3 is 2.48 bits per heavy atom. The first kappa shape index (κ1) is 28.5. The number of benzene rings is 3. The maximum absolute atomic E-state index is 15.4. The van der Waals surface area contributed by atoms with E-state index in [-0.39, 0.29) is 35.0 Å². The lowest BCUT2D eigenvalue weighted by Crippen LogP contribution is -2.19. The smallest absolute Gasteiger partial charge is 0.266 e. The molecule has 3 aromatic heterocycles. The van der Waals surface area contributed by atoms with Crippen molar-refractivity contribution in [2.45, 2.75) is 0 Å². The highest BCUT2D eigenvalue weighted by Crippen LogP contribution is 2.37. The lowest BCUT2D eigenvalue weighted by atomic mass is 10.2. The number of pyridine rings is 2. The fourth-order valence-corrected chi connectivity index (χ4v) is 4.61. The van der Waals surface area contributed by atoms with Gasteiger partial charge < -0.3 is 24.3 Å². The number of ether oxygens (including phenoxy) is 4. The summed E-state index contributed by atoms with van der Waals surface area (Å²) in [5, 5.41) is 4.43. The second kappa shape index (κ2) is 12.3. The Bertz CT molecular complexity index is 2040. The van der Waals surface area contributed by atoms with Gasteiger partial charge in [-0.05, 0) is 60.0 Å². The monoisotopic (exact) mass is 597 g/mol. The average molecular weight is 598 g/mol. The highest BCUT2D eigenvalue weighted by atomic mass is 19.1. The van der Waals surface area contributed by atoms with Crippen LogP contribution in [0.3, 0.4) is 0 Å². The SMILES string of the molecule is COCCOc1cc2c(Oc3ccc(Nc4nccc5ccn(-c6ccc(F)cc6)c(=O)c45)cc3F)ncnc2cc1OC. The summed E-state index contributed by atoms with van der Waals surface area (Å²) < 4.78 is 52.3. The molecule has 0 radical (unpaired) electrons. The number of nitrogens with one attached hydrogen (secondary N) is 1. The normalized spacial score (nSPS) is 11.1. The van der Waals surface area contributed by atoms with Crippen molar-refractivity contribution in [2.24, 2.45) is 0 Å². The van der Waals surface area contributed by atoms with Gasteiger partial charge in [-0.25, -0.2) is 23.7 Å². The van der Waals surface area contributed by atoms with E-state index in [1.807, 2.05) is 0 Å². The Hall–Kier alpha value is -5.62. The van der Waals surface area contributed by atoms with E-state index in [0.29, 0.717) is 45.8 Å². The zero-order valence-corrected chi connectivity index (χ0v) is 23.6. The molecule has 10 nitrogen and oxygen atoms in total. The van der Waals surface area contributed by atoms with Crippen molar-refractivity contribution >= 4 is 33.2 Å². The van der Waals surface area contributed by atoms with Gasteiger partial charge in [0.25, 0.3) is 5.56 Å². The topological polar surface area (TPSA) is 110 Å². The number of nitrogens with zero attached hydrogens (tertiary/aromatic N) is 4. The molecule has 222 valence electrons. The molecule has 0 aliphatic heterocycles. The minimum atomic E-state index is -0.684. The number of fused-ring (bicyclic) bond motifs is 2. The predicted octanol–water partition coefficient (Wildman–Crippen LogP) is 6.18. The standard InChI is InChI=1S/C32H25F2N5O5/c1-41-13-14-43-28-16-23-25(17-27(28)42-2)36-18-37-31(23)44-26-8-5-21(15-24(26)34)38-30-29-19(9-11-35-30)10-12-39(32(29)40)22-6-3-20(33)4-7-22/h3-12,15-18H,13-14H2,1-2H3,(H,35,38). The number of hydrogen-bond acceptors (Lipinski definition) is 9. The first-order valence-electron chi connectivity index (χ1n) is 13.4. The summed E-state index contributed by atoms with van der Waals surface area (Å²) in [6, 6.07) is 16.6. The zero-order valence-electron chi connectivity index (χ0n) is 23.6. The largest absolute Gasteiger partial charge is 0.493 e. The molecule has 0 unspecified atom stereocenters. The lowest BCUT2D eigenvalue weighted by Gasteiger charge is -2.14. The Morgan fingerprint density at radius 1 is 0.864 bits per heavy atom. The van der Waals surface area contributed by atoms with Crippen LogP contribution in [0.25, 0.3) is 27.4 Å². The molecule has 0 saturated heterocycles. The van der Waals surface area contributed by atoms with Gasteiger partial charge in [0.05, 0.1) is 30.0 Å². The third kappa shape index (κ3) is 5.70. The summed E-state index contributed by atoms with van der Waals surface area (Å²) in [7, 11) is 3.09. The molecule has 0 amide bonds. The van der Waals surface area contributed by atoms with Crippen LogP contribution in [0.15, 0.2) is 90.2 Å². The van der Waals surface area contributed by atoms with Gasteiger partial charge in [0.15, 0.2) is 23.1 Å². The highest BCUT2D eigenvalue weighted by molar-refractivity contribution is 5.92. The molecule has 44 heavy (non-hydrogen) atoms. The summed E-state index contributed by atoms with van der Waals surface area (Å²) in [6.45, 7) is 0.664. The molecule has 0 aliphatic rings. The van der Waals surface area contributed by atoms with Gasteiger partial charge in [0, 0.05) is 43.0 Å². The van der Waals surface area contributed by atoms with Crippen LogP contribution in [0.5, 0.6) is 23.1 Å². The van der Waals surface area contributed by atoms with Crippen LogP contribution in [0.4, 0.5) is 20.3 Å². The van der Waals surface area contributed by atoms with Crippen LogP contribution in [0.2, 0.25) is 0 Å². The molecule has 1 N–H and O–H groups in total. The fraction of sp³-hybridized carbons (Fsp3) is 0.125. The number of anilines is 2. The van der Waals surface area contributed by atoms with Crippen molar-refractivity contribution in [3.8, 4) is 28.8 Å². The van der Waals surface area contributed by atoms with E-state index in [2.05, 4.69) is 20.3 Å². The van der Waals surface area contributed by atoms with E-state index in [1.165, 1.54) is 54.4 Å². The molecule has 3 heterocycles.